The van der Waals surface area contributed by atoms with Gasteiger partial charge in [0.2, 0.25) is 0 Å². The molecule has 0 aliphatic carbocycles. The molecule has 0 aliphatic heterocycles. The Labute approximate surface area is 138 Å². The van der Waals surface area contributed by atoms with E-state index in [0.29, 0.717) is 12.1 Å². The quantitative estimate of drug-likeness (QED) is 0.518. The zero-order valence-corrected chi connectivity index (χ0v) is 12.8. The molecule has 4 aromatic rings. The van der Waals surface area contributed by atoms with Gasteiger partial charge < -0.3 is 4.57 Å². The normalized spacial score (nSPS) is 11.1. The molecular formula is C20H14F2N2. The maximum Gasteiger partial charge on any atom is 0.159 e. The van der Waals surface area contributed by atoms with Crippen LogP contribution in [-0.4, -0.2) is 9.55 Å². The molecule has 0 bridgehead atoms. The summed E-state index contributed by atoms with van der Waals surface area (Å²) < 4.78 is 28.8. The first-order chi connectivity index (χ1) is 11.7. The predicted molar refractivity (Wildman–Crippen MR) is 90.6 cm³/mol. The van der Waals surface area contributed by atoms with E-state index in [9.17, 15) is 8.78 Å². The van der Waals surface area contributed by atoms with E-state index in [1.807, 2.05) is 59.2 Å². The van der Waals surface area contributed by atoms with Gasteiger partial charge in [-0.2, -0.15) is 0 Å². The highest BCUT2D eigenvalue weighted by atomic mass is 19.2. The molecule has 118 valence electrons. The lowest BCUT2D eigenvalue weighted by molar-refractivity contribution is 0.506. The number of rotatable bonds is 3. The lowest BCUT2D eigenvalue weighted by Crippen LogP contribution is -2.03. The Kier molecular flexibility index (Phi) is 3.58. The minimum Gasteiger partial charge on any atom is -0.319 e. The zero-order valence-electron chi connectivity index (χ0n) is 12.8. The number of nitrogens with zero attached hydrogens (tertiary/aromatic N) is 2. The Hall–Kier alpha value is -3.01. The van der Waals surface area contributed by atoms with Crippen LogP contribution in [0.4, 0.5) is 8.78 Å². The number of imidazole rings is 1. The molecule has 1 aromatic heterocycles. The summed E-state index contributed by atoms with van der Waals surface area (Å²) in [5.41, 5.74) is 3.51. The molecule has 0 unspecified atom stereocenters. The summed E-state index contributed by atoms with van der Waals surface area (Å²) in [7, 11) is 0. The molecule has 0 radical (unpaired) electrons. The van der Waals surface area contributed by atoms with E-state index in [-0.39, 0.29) is 0 Å². The Morgan fingerprint density at radius 2 is 1.54 bits per heavy atom. The second-order valence-electron chi connectivity index (χ2n) is 5.62. The van der Waals surface area contributed by atoms with Crippen LogP contribution in [0.25, 0.3) is 22.4 Å². The number of para-hydroxylation sites is 2. The number of benzene rings is 3. The molecule has 0 atom stereocenters. The van der Waals surface area contributed by atoms with Gasteiger partial charge in [-0.15, -0.1) is 0 Å². The molecular weight excluding hydrogens is 306 g/mol. The van der Waals surface area contributed by atoms with E-state index in [0.717, 1.165) is 28.5 Å². The maximum atomic E-state index is 13.5. The third kappa shape index (κ3) is 2.56. The second-order valence-corrected chi connectivity index (χ2v) is 5.62. The first-order valence-corrected chi connectivity index (χ1v) is 7.67. The molecule has 0 N–H and O–H groups in total. The largest absolute Gasteiger partial charge is 0.319 e. The average molecular weight is 320 g/mol. The highest BCUT2D eigenvalue weighted by Gasteiger charge is 2.13. The predicted octanol–water partition coefficient (Wildman–Crippen LogP) is 5.03. The van der Waals surface area contributed by atoms with Gasteiger partial charge in [-0.25, -0.2) is 13.8 Å². The topological polar surface area (TPSA) is 17.8 Å². The highest BCUT2D eigenvalue weighted by Crippen LogP contribution is 2.26. The van der Waals surface area contributed by atoms with Crippen LogP contribution in [0.5, 0.6) is 0 Å². The summed E-state index contributed by atoms with van der Waals surface area (Å²) in [6.07, 6.45) is 0. The van der Waals surface area contributed by atoms with Crippen molar-refractivity contribution in [2.45, 2.75) is 6.54 Å². The third-order valence-corrected chi connectivity index (χ3v) is 4.01. The molecule has 0 saturated carbocycles. The molecule has 0 spiro atoms. The SMILES string of the molecule is Fc1ccc(Cn2c(-c3ccccc3)nc3ccccc32)cc1F. The van der Waals surface area contributed by atoms with Crippen molar-refractivity contribution in [3.63, 3.8) is 0 Å². The van der Waals surface area contributed by atoms with Crippen molar-refractivity contribution >= 4 is 11.0 Å². The summed E-state index contributed by atoms with van der Waals surface area (Å²) in [4.78, 5) is 4.71. The van der Waals surface area contributed by atoms with Crippen LogP contribution in [0.3, 0.4) is 0 Å². The fourth-order valence-corrected chi connectivity index (χ4v) is 2.86. The number of aromatic nitrogens is 2. The molecule has 0 amide bonds. The van der Waals surface area contributed by atoms with E-state index in [1.54, 1.807) is 6.07 Å². The van der Waals surface area contributed by atoms with Crippen LogP contribution in [-0.2, 0) is 6.54 Å². The van der Waals surface area contributed by atoms with Crippen LogP contribution in [0.1, 0.15) is 5.56 Å². The van der Waals surface area contributed by atoms with Gasteiger partial charge in [0.15, 0.2) is 11.6 Å². The standard InChI is InChI=1S/C20H14F2N2/c21-16-11-10-14(12-17(16)22)13-24-19-9-5-4-8-18(19)23-20(24)15-6-2-1-3-7-15/h1-12H,13H2. The molecule has 4 heteroatoms. The number of hydrogen-bond donors (Lipinski definition) is 0. The van der Waals surface area contributed by atoms with Gasteiger partial charge in [0, 0.05) is 12.1 Å². The maximum absolute atomic E-state index is 13.5. The summed E-state index contributed by atoms with van der Waals surface area (Å²) in [5, 5.41) is 0. The first kappa shape index (κ1) is 14.6. The van der Waals surface area contributed by atoms with Crippen LogP contribution in [0.2, 0.25) is 0 Å². The third-order valence-electron chi connectivity index (χ3n) is 4.01. The highest BCUT2D eigenvalue weighted by molar-refractivity contribution is 5.80. The fourth-order valence-electron chi connectivity index (χ4n) is 2.86. The van der Waals surface area contributed by atoms with Crippen molar-refractivity contribution in [1.29, 1.82) is 0 Å². The smallest absolute Gasteiger partial charge is 0.159 e. The van der Waals surface area contributed by atoms with E-state index < -0.39 is 11.6 Å². The van der Waals surface area contributed by atoms with Crippen molar-refractivity contribution in [2.24, 2.45) is 0 Å². The Balaban J connectivity index is 1.87. The summed E-state index contributed by atoms with van der Waals surface area (Å²) >= 11 is 0. The van der Waals surface area contributed by atoms with Crippen LogP contribution in [0, 0.1) is 11.6 Å². The van der Waals surface area contributed by atoms with Crippen molar-refractivity contribution < 1.29 is 8.78 Å². The molecule has 0 saturated heterocycles. The van der Waals surface area contributed by atoms with Crippen molar-refractivity contribution in [1.82, 2.24) is 9.55 Å². The lowest BCUT2D eigenvalue weighted by atomic mass is 10.2. The van der Waals surface area contributed by atoms with Gasteiger partial charge in [0.1, 0.15) is 5.82 Å². The van der Waals surface area contributed by atoms with E-state index in [4.69, 9.17) is 4.98 Å². The summed E-state index contributed by atoms with van der Waals surface area (Å²) in [5.74, 6) is -0.864. The minimum absolute atomic E-state index is 0.419. The number of halogens is 2. The van der Waals surface area contributed by atoms with Crippen LogP contribution in [0.15, 0.2) is 72.8 Å². The monoisotopic (exact) mass is 320 g/mol. The van der Waals surface area contributed by atoms with Gasteiger partial charge in [-0.3, -0.25) is 0 Å². The number of hydrogen-bond acceptors (Lipinski definition) is 1. The molecule has 1 heterocycles. The Morgan fingerprint density at radius 1 is 0.792 bits per heavy atom. The van der Waals surface area contributed by atoms with Gasteiger partial charge >= 0.3 is 0 Å². The van der Waals surface area contributed by atoms with E-state index >= 15 is 0 Å². The van der Waals surface area contributed by atoms with Gasteiger partial charge in [-0.1, -0.05) is 48.5 Å². The molecule has 3 aromatic carbocycles. The molecule has 0 fully saturated rings. The molecule has 2 nitrogen and oxygen atoms in total. The van der Waals surface area contributed by atoms with Gasteiger partial charge in [0.05, 0.1) is 11.0 Å². The van der Waals surface area contributed by atoms with Crippen LogP contribution < -0.4 is 0 Å². The Bertz CT molecular complexity index is 1010. The van der Waals surface area contributed by atoms with Gasteiger partial charge in [-0.05, 0) is 29.8 Å². The molecule has 24 heavy (non-hydrogen) atoms. The van der Waals surface area contributed by atoms with Crippen molar-refractivity contribution in [3.05, 3.63) is 90.0 Å². The molecule has 4 rings (SSSR count). The zero-order chi connectivity index (χ0) is 16.5. The van der Waals surface area contributed by atoms with Crippen LogP contribution >= 0.6 is 0 Å². The minimum atomic E-state index is -0.836. The fraction of sp³-hybridized carbons (Fsp3) is 0.0500. The summed E-state index contributed by atoms with van der Waals surface area (Å²) in [6.45, 7) is 0.419. The summed E-state index contributed by atoms with van der Waals surface area (Å²) in [6, 6.07) is 21.6. The van der Waals surface area contributed by atoms with Crippen molar-refractivity contribution in [3.8, 4) is 11.4 Å². The Morgan fingerprint density at radius 3 is 2.33 bits per heavy atom. The second kappa shape index (κ2) is 5.89. The lowest BCUT2D eigenvalue weighted by Gasteiger charge is -2.10. The van der Waals surface area contributed by atoms with E-state index in [1.165, 1.54) is 6.07 Å². The van der Waals surface area contributed by atoms with E-state index in [2.05, 4.69) is 0 Å². The van der Waals surface area contributed by atoms with Crippen molar-refractivity contribution in [2.75, 3.05) is 0 Å². The van der Waals surface area contributed by atoms with Gasteiger partial charge in [0.25, 0.3) is 0 Å². The average Bonchev–Trinajstić information content (AvgIpc) is 2.98. The molecule has 0 aliphatic rings. The first-order valence-electron chi connectivity index (χ1n) is 7.67. The number of fused-ring (bicyclic) bond motifs is 1.